The molecule has 0 aliphatic heterocycles. The maximum Gasteiger partial charge on any atom is 0.463 e. The normalized spacial score (nSPS) is 12.9. The van der Waals surface area contributed by atoms with Crippen molar-refractivity contribution in [2.45, 2.75) is 98.3 Å². The Kier molecular flexibility index (Phi) is 18.5. The van der Waals surface area contributed by atoms with Crippen molar-refractivity contribution in [3.63, 3.8) is 0 Å². The Bertz CT molecular complexity index is 1400. The van der Waals surface area contributed by atoms with Gasteiger partial charge in [0.2, 0.25) is 0 Å². The SMILES string of the molecule is CC(C)CCCCCCCc1ccccc1P(O)(O)(O)c1ccccc1.CCCCC(CC)COP(Oc1ccccc1)Oc1ccccc1. The summed E-state index contributed by atoms with van der Waals surface area (Å²) in [5.74, 6) is 2.85. The van der Waals surface area contributed by atoms with Crippen LogP contribution in [-0.4, -0.2) is 21.3 Å². The first-order chi connectivity index (χ1) is 24.1. The molecule has 0 amide bonds. The van der Waals surface area contributed by atoms with E-state index in [2.05, 4.69) is 27.7 Å². The molecule has 0 aliphatic rings. The van der Waals surface area contributed by atoms with Crippen LogP contribution in [0.5, 0.6) is 11.5 Å². The zero-order valence-corrected chi connectivity index (χ0v) is 32.4. The fraction of sp³-hybridized carbons (Fsp3) is 0.429. The molecule has 4 rings (SSSR count). The second-order valence-corrected chi connectivity index (χ2v) is 17.4. The average molecular weight is 723 g/mol. The third-order valence-electron chi connectivity index (χ3n) is 8.70. The third kappa shape index (κ3) is 14.8. The number of hydrogen-bond acceptors (Lipinski definition) is 6. The summed E-state index contributed by atoms with van der Waals surface area (Å²) in [6.45, 7) is 9.61. The van der Waals surface area contributed by atoms with Crippen LogP contribution in [0.1, 0.15) is 97.5 Å². The number of benzene rings is 4. The standard InChI is InChI=1S/C22H33O3P.C20H27O3P/c1-19(2)13-7-4-3-5-8-14-20-15-11-12-18-22(20)26(23,24,25)21-16-9-6-10-17-21;1-3-5-12-18(4-2)17-21-24(22-19-13-8-6-9-14-19)23-20-15-10-7-11-16-20/h6,9-12,15-19,23-25H,3-5,7-8,13-14H2,1-2H3;6-11,13-16,18H,3-5,12,17H2,1-2H3. The van der Waals surface area contributed by atoms with Crippen LogP contribution in [0.15, 0.2) is 115 Å². The largest absolute Gasteiger partial charge is 0.463 e. The molecule has 0 aromatic heterocycles. The predicted molar refractivity (Wildman–Crippen MR) is 212 cm³/mol. The Labute approximate surface area is 303 Å². The Hall–Kier alpha value is -2.82. The van der Waals surface area contributed by atoms with Crippen LogP contribution in [0.2, 0.25) is 0 Å². The van der Waals surface area contributed by atoms with Gasteiger partial charge in [0.1, 0.15) is 11.5 Å². The van der Waals surface area contributed by atoms with E-state index in [4.69, 9.17) is 13.6 Å². The third-order valence-corrected chi connectivity index (χ3v) is 12.4. The Balaban J connectivity index is 0.000000271. The fourth-order valence-electron chi connectivity index (χ4n) is 5.63. The van der Waals surface area contributed by atoms with Crippen molar-refractivity contribution in [1.82, 2.24) is 0 Å². The second-order valence-electron chi connectivity index (χ2n) is 13.4. The molecule has 0 heterocycles. The van der Waals surface area contributed by atoms with Gasteiger partial charge in [-0.3, -0.25) is 4.52 Å². The summed E-state index contributed by atoms with van der Waals surface area (Å²) in [4.78, 5) is 32.6. The van der Waals surface area contributed by atoms with E-state index in [1.807, 2.05) is 72.8 Å². The number of para-hydroxylation sites is 2. The van der Waals surface area contributed by atoms with Gasteiger partial charge in [0.25, 0.3) is 0 Å². The van der Waals surface area contributed by atoms with Gasteiger partial charge < -0.3 is 9.05 Å². The molecule has 4 aromatic rings. The topological polar surface area (TPSA) is 88.4 Å². The molecule has 0 fully saturated rings. The van der Waals surface area contributed by atoms with Gasteiger partial charge in [-0.25, -0.2) is 0 Å². The van der Waals surface area contributed by atoms with Crippen LogP contribution >= 0.6 is 15.9 Å². The monoisotopic (exact) mass is 722 g/mol. The molecule has 274 valence electrons. The van der Waals surface area contributed by atoms with Crippen LogP contribution in [0.4, 0.5) is 0 Å². The first-order valence-electron chi connectivity index (χ1n) is 18.4. The molecule has 4 aromatic carbocycles. The summed E-state index contributed by atoms with van der Waals surface area (Å²) < 4.78 is 17.9. The van der Waals surface area contributed by atoms with E-state index in [-0.39, 0.29) is 10.6 Å². The Morgan fingerprint density at radius 3 is 1.68 bits per heavy atom. The summed E-state index contributed by atoms with van der Waals surface area (Å²) in [5.41, 5.74) is 0.823. The molecule has 3 N–H and O–H groups in total. The maximum absolute atomic E-state index is 10.9. The molecule has 1 unspecified atom stereocenters. The van der Waals surface area contributed by atoms with Gasteiger partial charge in [0.05, 0.1) is 6.61 Å². The van der Waals surface area contributed by atoms with Crippen molar-refractivity contribution in [3.05, 3.63) is 121 Å². The summed E-state index contributed by atoms with van der Waals surface area (Å²) in [5, 5.41) is 0.448. The predicted octanol–water partition coefficient (Wildman–Crippen LogP) is 11.1. The summed E-state index contributed by atoms with van der Waals surface area (Å²) in [6, 6.07) is 34.9. The smallest absolute Gasteiger partial charge is 0.418 e. The van der Waals surface area contributed by atoms with Gasteiger partial charge in [-0.1, -0.05) is 69.5 Å². The molecule has 0 radical (unpaired) electrons. The molecule has 8 heteroatoms. The molecule has 6 nitrogen and oxygen atoms in total. The molecule has 0 aliphatic carbocycles. The zero-order valence-electron chi connectivity index (χ0n) is 30.6. The van der Waals surface area contributed by atoms with Crippen LogP contribution in [0, 0.1) is 11.8 Å². The summed E-state index contributed by atoms with van der Waals surface area (Å²) >= 11 is 0. The van der Waals surface area contributed by atoms with Gasteiger partial charge in [0.15, 0.2) is 0 Å². The molecule has 0 bridgehead atoms. The van der Waals surface area contributed by atoms with Gasteiger partial charge in [-0.15, -0.1) is 0 Å². The van der Waals surface area contributed by atoms with Gasteiger partial charge >= 0.3 is 166 Å². The molecule has 0 saturated heterocycles. The van der Waals surface area contributed by atoms with Crippen LogP contribution < -0.4 is 19.7 Å². The first-order valence-corrected chi connectivity index (χ1v) is 21.6. The van der Waals surface area contributed by atoms with E-state index < -0.39 is 15.9 Å². The van der Waals surface area contributed by atoms with Crippen LogP contribution in [-0.2, 0) is 10.9 Å². The van der Waals surface area contributed by atoms with E-state index >= 15 is 0 Å². The van der Waals surface area contributed by atoms with Crippen LogP contribution in [0.3, 0.4) is 0 Å². The van der Waals surface area contributed by atoms with E-state index in [0.717, 1.165) is 48.7 Å². The molecular formula is C42H60O6P2. The van der Waals surface area contributed by atoms with E-state index in [0.29, 0.717) is 12.5 Å². The van der Waals surface area contributed by atoms with E-state index in [9.17, 15) is 14.7 Å². The molecule has 0 saturated carbocycles. The average Bonchev–Trinajstić information content (AvgIpc) is 3.12. The van der Waals surface area contributed by atoms with Crippen LogP contribution in [0.25, 0.3) is 0 Å². The van der Waals surface area contributed by atoms with E-state index in [1.54, 1.807) is 42.5 Å². The number of hydrogen-bond donors (Lipinski definition) is 3. The fourth-order valence-corrected chi connectivity index (χ4v) is 8.77. The Morgan fingerprint density at radius 1 is 0.600 bits per heavy atom. The zero-order chi connectivity index (χ0) is 36.1. The molecular weight excluding hydrogens is 662 g/mol. The minimum Gasteiger partial charge on any atom is -0.418 e. The summed E-state index contributed by atoms with van der Waals surface area (Å²) in [7, 11) is -6.55. The van der Waals surface area contributed by atoms with E-state index in [1.165, 1.54) is 44.9 Å². The minimum absolute atomic E-state index is 0.180. The van der Waals surface area contributed by atoms with Gasteiger partial charge in [-0.05, 0) is 36.6 Å². The van der Waals surface area contributed by atoms with Crippen molar-refractivity contribution in [3.8, 4) is 11.5 Å². The van der Waals surface area contributed by atoms with Gasteiger partial charge in [0, 0.05) is 0 Å². The number of rotatable bonds is 21. The van der Waals surface area contributed by atoms with Crippen molar-refractivity contribution >= 4 is 26.5 Å². The van der Waals surface area contributed by atoms with Crippen molar-refractivity contribution in [2.75, 3.05) is 6.61 Å². The van der Waals surface area contributed by atoms with Crippen molar-refractivity contribution < 1.29 is 28.3 Å². The number of aryl methyl sites for hydroxylation is 1. The molecule has 1 atom stereocenters. The quantitative estimate of drug-likeness (QED) is 0.0586. The number of unbranched alkanes of at least 4 members (excludes halogenated alkanes) is 5. The minimum atomic E-state index is -5.08. The molecule has 50 heavy (non-hydrogen) atoms. The van der Waals surface area contributed by atoms with Gasteiger partial charge in [-0.2, -0.15) is 0 Å². The molecule has 0 spiro atoms. The van der Waals surface area contributed by atoms with Crippen molar-refractivity contribution in [2.24, 2.45) is 11.8 Å². The van der Waals surface area contributed by atoms with Crippen molar-refractivity contribution in [1.29, 1.82) is 0 Å². The Morgan fingerprint density at radius 2 is 1.12 bits per heavy atom. The summed E-state index contributed by atoms with van der Waals surface area (Å²) in [6.07, 6.45) is 12.6. The first kappa shape index (κ1) is 41.6. The second kappa shape index (κ2) is 22.2. The maximum atomic E-state index is 10.9.